The number of aromatic nitrogens is 1. The van der Waals surface area contributed by atoms with E-state index in [1.54, 1.807) is 11.3 Å². The quantitative estimate of drug-likeness (QED) is 0.877. The Labute approximate surface area is 108 Å². The smallest absolute Gasteiger partial charge is 0.104 e. The molecule has 1 aliphatic heterocycles. The fourth-order valence-corrected chi connectivity index (χ4v) is 2.88. The highest BCUT2D eigenvalue weighted by Crippen LogP contribution is 2.32. The average Bonchev–Trinajstić information content (AvgIpc) is 2.82. The van der Waals surface area contributed by atoms with Crippen molar-refractivity contribution in [3.63, 3.8) is 0 Å². The Morgan fingerprint density at radius 1 is 1.59 bits per heavy atom. The summed E-state index contributed by atoms with van der Waals surface area (Å²) in [5.41, 5.74) is 3.01. The summed E-state index contributed by atoms with van der Waals surface area (Å²) in [6.45, 7) is 7.48. The van der Waals surface area contributed by atoms with Gasteiger partial charge in [0, 0.05) is 24.4 Å². The summed E-state index contributed by atoms with van der Waals surface area (Å²) in [4.78, 5) is 4.40. The van der Waals surface area contributed by atoms with Crippen molar-refractivity contribution < 1.29 is 4.74 Å². The number of ether oxygens (including phenoxy) is 1. The normalized spacial score (nSPS) is 25.4. The number of hydrogen-bond donors (Lipinski definition) is 1. The lowest BCUT2D eigenvalue weighted by Gasteiger charge is -2.31. The first-order valence-corrected chi connectivity index (χ1v) is 7.42. The summed E-state index contributed by atoms with van der Waals surface area (Å²) in [5.74, 6) is 1.28. The zero-order valence-electron chi connectivity index (χ0n) is 10.7. The number of nitrogens with one attached hydrogen (secondary N) is 1. The van der Waals surface area contributed by atoms with E-state index in [2.05, 4.69) is 29.5 Å². The van der Waals surface area contributed by atoms with Gasteiger partial charge in [0.05, 0.1) is 11.2 Å². The van der Waals surface area contributed by atoms with Gasteiger partial charge in [-0.3, -0.25) is 0 Å². The van der Waals surface area contributed by atoms with E-state index in [4.69, 9.17) is 4.74 Å². The molecule has 0 radical (unpaired) electrons. The summed E-state index contributed by atoms with van der Waals surface area (Å²) >= 11 is 1.65. The molecule has 4 heteroatoms. The molecular formula is C13H22N2OS. The largest absolute Gasteiger partial charge is 0.372 e. The molecule has 2 rings (SSSR count). The van der Waals surface area contributed by atoms with Crippen molar-refractivity contribution in [2.24, 2.45) is 11.8 Å². The van der Waals surface area contributed by atoms with Gasteiger partial charge in [-0.2, -0.15) is 0 Å². The third-order valence-corrected chi connectivity index (χ3v) is 3.75. The molecule has 2 unspecified atom stereocenters. The van der Waals surface area contributed by atoms with Crippen LogP contribution < -0.4 is 5.32 Å². The fourth-order valence-electron chi connectivity index (χ4n) is 2.30. The molecule has 17 heavy (non-hydrogen) atoms. The van der Waals surface area contributed by atoms with E-state index in [1.807, 2.05) is 5.51 Å². The molecule has 1 saturated heterocycles. The Hall–Kier alpha value is -0.450. The number of thiazole rings is 1. The van der Waals surface area contributed by atoms with Crippen LogP contribution in [0.2, 0.25) is 0 Å². The van der Waals surface area contributed by atoms with E-state index in [0.29, 0.717) is 11.8 Å². The molecule has 0 spiro atoms. The molecule has 0 amide bonds. The van der Waals surface area contributed by atoms with E-state index in [1.165, 1.54) is 12.8 Å². The standard InChI is InChI=1S/C13H22N2OS/c1-10(2)6-14-7-11-4-3-5-16-13(11)12-8-17-9-15-12/h8-11,13-14H,3-7H2,1-2H3. The van der Waals surface area contributed by atoms with Gasteiger partial charge in [-0.1, -0.05) is 13.8 Å². The van der Waals surface area contributed by atoms with Crippen molar-refractivity contribution in [1.29, 1.82) is 0 Å². The van der Waals surface area contributed by atoms with Gasteiger partial charge in [0.2, 0.25) is 0 Å². The zero-order valence-corrected chi connectivity index (χ0v) is 11.5. The van der Waals surface area contributed by atoms with Crippen LogP contribution in [0.25, 0.3) is 0 Å². The monoisotopic (exact) mass is 254 g/mol. The molecule has 0 saturated carbocycles. The Morgan fingerprint density at radius 2 is 2.47 bits per heavy atom. The predicted octanol–water partition coefficient (Wildman–Crippen LogP) is 2.86. The maximum absolute atomic E-state index is 5.90. The van der Waals surface area contributed by atoms with Crippen LogP contribution in [0.5, 0.6) is 0 Å². The molecular weight excluding hydrogens is 232 g/mol. The van der Waals surface area contributed by atoms with Crippen molar-refractivity contribution in [2.75, 3.05) is 19.7 Å². The van der Waals surface area contributed by atoms with Gasteiger partial charge >= 0.3 is 0 Å². The van der Waals surface area contributed by atoms with Crippen molar-refractivity contribution in [3.05, 3.63) is 16.6 Å². The second-order valence-corrected chi connectivity index (χ2v) is 5.88. The molecule has 1 fully saturated rings. The maximum atomic E-state index is 5.90. The lowest BCUT2D eigenvalue weighted by Crippen LogP contribution is -2.33. The van der Waals surface area contributed by atoms with Gasteiger partial charge in [0.1, 0.15) is 6.10 Å². The summed E-state index contributed by atoms with van der Waals surface area (Å²) in [7, 11) is 0. The van der Waals surface area contributed by atoms with Crippen LogP contribution in [0.4, 0.5) is 0 Å². The molecule has 3 nitrogen and oxygen atoms in total. The molecule has 2 heterocycles. The Bertz CT molecular complexity index is 313. The first-order valence-electron chi connectivity index (χ1n) is 6.47. The molecule has 0 aliphatic carbocycles. The van der Waals surface area contributed by atoms with Gasteiger partial charge in [0.25, 0.3) is 0 Å². The molecule has 1 aliphatic rings. The number of nitrogens with zero attached hydrogens (tertiary/aromatic N) is 1. The van der Waals surface area contributed by atoms with E-state index < -0.39 is 0 Å². The van der Waals surface area contributed by atoms with Gasteiger partial charge in [-0.15, -0.1) is 11.3 Å². The summed E-state index contributed by atoms with van der Waals surface area (Å²) in [6, 6.07) is 0. The first-order chi connectivity index (χ1) is 8.27. The lowest BCUT2D eigenvalue weighted by molar-refractivity contribution is -0.0300. The summed E-state index contributed by atoms with van der Waals surface area (Å²) in [5, 5.41) is 5.66. The van der Waals surface area contributed by atoms with Crippen LogP contribution in [0.3, 0.4) is 0 Å². The van der Waals surface area contributed by atoms with Crippen LogP contribution >= 0.6 is 11.3 Å². The van der Waals surface area contributed by atoms with E-state index >= 15 is 0 Å². The minimum atomic E-state index is 0.203. The second-order valence-electron chi connectivity index (χ2n) is 5.16. The fraction of sp³-hybridized carbons (Fsp3) is 0.769. The molecule has 2 atom stereocenters. The van der Waals surface area contributed by atoms with E-state index in [0.717, 1.165) is 25.4 Å². The minimum absolute atomic E-state index is 0.203. The molecule has 1 aromatic rings. The van der Waals surface area contributed by atoms with Gasteiger partial charge in [0.15, 0.2) is 0 Å². The molecule has 0 bridgehead atoms. The van der Waals surface area contributed by atoms with Crippen LogP contribution in [0.1, 0.15) is 38.5 Å². The lowest BCUT2D eigenvalue weighted by atomic mass is 9.92. The Balaban J connectivity index is 1.89. The predicted molar refractivity (Wildman–Crippen MR) is 71.2 cm³/mol. The topological polar surface area (TPSA) is 34.1 Å². The van der Waals surface area contributed by atoms with Crippen LogP contribution in [0.15, 0.2) is 10.9 Å². The molecule has 0 aromatic carbocycles. The maximum Gasteiger partial charge on any atom is 0.104 e. The highest BCUT2D eigenvalue weighted by Gasteiger charge is 2.28. The summed E-state index contributed by atoms with van der Waals surface area (Å²) in [6.07, 6.45) is 2.62. The highest BCUT2D eigenvalue weighted by atomic mass is 32.1. The third-order valence-electron chi connectivity index (χ3n) is 3.15. The zero-order chi connectivity index (χ0) is 12.1. The van der Waals surface area contributed by atoms with E-state index in [-0.39, 0.29) is 6.10 Å². The number of rotatable bonds is 5. The third kappa shape index (κ3) is 3.76. The average molecular weight is 254 g/mol. The minimum Gasteiger partial charge on any atom is -0.372 e. The van der Waals surface area contributed by atoms with Crippen LogP contribution in [-0.2, 0) is 4.74 Å². The van der Waals surface area contributed by atoms with Crippen LogP contribution in [-0.4, -0.2) is 24.7 Å². The van der Waals surface area contributed by atoms with Crippen molar-refractivity contribution in [2.45, 2.75) is 32.8 Å². The molecule has 1 N–H and O–H groups in total. The van der Waals surface area contributed by atoms with Gasteiger partial charge in [-0.05, 0) is 25.3 Å². The second kappa shape index (κ2) is 6.47. The van der Waals surface area contributed by atoms with E-state index in [9.17, 15) is 0 Å². The first kappa shape index (κ1) is 13.0. The van der Waals surface area contributed by atoms with Gasteiger partial charge < -0.3 is 10.1 Å². The molecule has 96 valence electrons. The van der Waals surface area contributed by atoms with Crippen molar-refractivity contribution in [1.82, 2.24) is 10.3 Å². The summed E-state index contributed by atoms with van der Waals surface area (Å²) < 4.78 is 5.90. The number of hydrogen-bond acceptors (Lipinski definition) is 4. The van der Waals surface area contributed by atoms with Crippen LogP contribution in [0, 0.1) is 11.8 Å². The Kier molecular flexibility index (Phi) is 4.95. The van der Waals surface area contributed by atoms with Crippen molar-refractivity contribution >= 4 is 11.3 Å². The van der Waals surface area contributed by atoms with Gasteiger partial charge in [-0.25, -0.2) is 4.98 Å². The van der Waals surface area contributed by atoms with Crippen molar-refractivity contribution in [3.8, 4) is 0 Å². The molecule has 1 aromatic heterocycles. The Morgan fingerprint density at radius 3 is 3.18 bits per heavy atom. The highest BCUT2D eigenvalue weighted by molar-refractivity contribution is 7.07. The SMILES string of the molecule is CC(C)CNCC1CCCOC1c1cscn1.